The Hall–Kier alpha value is -1.10. The summed E-state index contributed by atoms with van der Waals surface area (Å²) in [5, 5.41) is 1.06. The molecule has 5 heteroatoms. The van der Waals surface area contributed by atoms with Crippen molar-refractivity contribution in [3.05, 3.63) is 0 Å². The average molecular weight is 173 g/mol. The maximum absolute atomic E-state index is 10.9. The maximum atomic E-state index is 10.9. The van der Waals surface area contributed by atoms with Crippen LogP contribution in [0.1, 0.15) is 26.2 Å². The zero-order chi connectivity index (χ0) is 8.97. The Morgan fingerprint density at radius 3 is 2.92 bits per heavy atom. The van der Waals surface area contributed by atoms with Crippen molar-refractivity contribution in [2.45, 2.75) is 26.2 Å². The highest BCUT2D eigenvalue weighted by Crippen LogP contribution is 2.09. The molecular weight excluding hydrogens is 162 g/mol. The van der Waals surface area contributed by atoms with Crippen molar-refractivity contribution in [1.29, 1.82) is 0 Å². The van der Waals surface area contributed by atoms with Gasteiger partial charge in [-0.05, 0) is 6.42 Å². The van der Waals surface area contributed by atoms with Gasteiger partial charge in [0.25, 0.3) is 0 Å². The number of hydroxylamine groups is 2. The lowest BCUT2D eigenvalue weighted by atomic mass is 10.4. The average Bonchev–Trinajstić information content (AvgIpc) is 2.47. The fraction of sp³-hybridized carbons (Fsp3) is 0.714. The first-order valence-electron chi connectivity index (χ1n) is 3.92. The van der Waals surface area contributed by atoms with Crippen molar-refractivity contribution in [1.82, 2.24) is 5.06 Å². The van der Waals surface area contributed by atoms with Crippen molar-refractivity contribution in [2.24, 2.45) is 0 Å². The maximum Gasteiger partial charge on any atom is 0.344 e. The van der Waals surface area contributed by atoms with Crippen LogP contribution < -0.4 is 0 Å². The van der Waals surface area contributed by atoms with E-state index < -0.39 is 5.97 Å². The molecule has 0 bridgehead atoms. The van der Waals surface area contributed by atoms with Crippen molar-refractivity contribution < 1.29 is 19.5 Å². The van der Waals surface area contributed by atoms with E-state index in [0.29, 0.717) is 13.0 Å². The molecule has 0 aromatic rings. The first-order chi connectivity index (χ1) is 5.74. The van der Waals surface area contributed by atoms with Gasteiger partial charge in [0.15, 0.2) is 0 Å². The highest BCUT2D eigenvalue weighted by Gasteiger charge is 2.22. The molecular formula is C7H11NO4. The van der Waals surface area contributed by atoms with Crippen LogP contribution in [-0.4, -0.2) is 23.5 Å². The van der Waals surface area contributed by atoms with Crippen LogP contribution in [-0.2, 0) is 19.5 Å². The number of nitrogens with zero attached hydrogens (tertiary/aromatic N) is 1. The minimum atomic E-state index is -0.477. The van der Waals surface area contributed by atoms with Gasteiger partial charge < -0.3 is 0 Å². The van der Waals surface area contributed by atoms with Gasteiger partial charge in [-0.15, -0.1) is 0 Å². The molecule has 0 aromatic heterocycles. The number of carbonyl (C=O) groups is 2. The van der Waals surface area contributed by atoms with E-state index in [2.05, 4.69) is 9.88 Å². The van der Waals surface area contributed by atoms with E-state index in [9.17, 15) is 9.59 Å². The fourth-order valence-corrected chi connectivity index (χ4v) is 0.848. The summed E-state index contributed by atoms with van der Waals surface area (Å²) >= 11 is 0. The van der Waals surface area contributed by atoms with Crippen LogP contribution in [0.5, 0.6) is 0 Å². The van der Waals surface area contributed by atoms with E-state index in [0.717, 1.165) is 11.5 Å². The number of carbonyl (C=O) groups excluding carboxylic acids is 2. The summed E-state index contributed by atoms with van der Waals surface area (Å²) in [6.07, 6.45) is 1.45. The molecule has 0 radical (unpaired) electrons. The lowest BCUT2D eigenvalue weighted by molar-refractivity contribution is -0.377. The van der Waals surface area contributed by atoms with Crippen LogP contribution in [0, 0.1) is 0 Å². The molecule has 0 aromatic carbocycles. The second kappa shape index (κ2) is 4.06. The van der Waals surface area contributed by atoms with E-state index in [-0.39, 0.29) is 12.3 Å². The van der Waals surface area contributed by atoms with Gasteiger partial charge in [0.2, 0.25) is 5.91 Å². The van der Waals surface area contributed by atoms with Crippen molar-refractivity contribution in [3.8, 4) is 0 Å². The molecule has 1 rings (SSSR count). The SMILES string of the molecule is CCC(=O)OON1CCCC1=O. The van der Waals surface area contributed by atoms with Crippen LogP contribution in [0.2, 0.25) is 0 Å². The van der Waals surface area contributed by atoms with E-state index in [4.69, 9.17) is 0 Å². The molecule has 1 heterocycles. The summed E-state index contributed by atoms with van der Waals surface area (Å²) in [5.41, 5.74) is 0. The Bertz CT molecular complexity index is 192. The molecule has 68 valence electrons. The molecule has 0 atom stereocenters. The summed E-state index contributed by atoms with van der Waals surface area (Å²) in [6, 6.07) is 0. The molecule has 0 saturated carbocycles. The smallest absolute Gasteiger partial charge is 0.275 e. The van der Waals surface area contributed by atoms with E-state index in [1.54, 1.807) is 6.92 Å². The zero-order valence-corrected chi connectivity index (χ0v) is 6.91. The lowest BCUT2D eigenvalue weighted by Gasteiger charge is -2.11. The second-order valence-electron chi connectivity index (χ2n) is 2.48. The zero-order valence-electron chi connectivity index (χ0n) is 6.91. The molecule has 1 amide bonds. The summed E-state index contributed by atoms with van der Waals surface area (Å²) in [7, 11) is 0. The lowest BCUT2D eigenvalue weighted by Crippen LogP contribution is -2.26. The summed E-state index contributed by atoms with van der Waals surface area (Å²) < 4.78 is 0. The molecule has 1 aliphatic heterocycles. The van der Waals surface area contributed by atoms with E-state index in [1.165, 1.54) is 0 Å². The van der Waals surface area contributed by atoms with Crippen LogP contribution in [0.25, 0.3) is 0 Å². The highest BCUT2D eigenvalue weighted by molar-refractivity contribution is 5.77. The Morgan fingerprint density at radius 1 is 1.67 bits per heavy atom. The van der Waals surface area contributed by atoms with Gasteiger partial charge >= 0.3 is 5.97 Å². The van der Waals surface area contributed by atoms with Gasteiger partial charge in [-0.1, -0.05) is 11.9 Å². The third kappa shape index (κ3) is 2.20. The predicted molar refractivity (Wildman–Crippen MR) is 38.4 cm³/mol. The summed E-state index contributed by atoms with van der Waals surface area (Å²) in [6.45, 7) is 2.15. The van der Waals surface area contributed by atoms with Crippen LogP contribution in [0.3, 0.4) is 0 Å². The second-order valence-corrected chi connectivity index (χ2v) is 2.48. The van der Waals surface area contributed by atoms with Crippen LogP contribution in [0.4, 0.5) is 0 Å². The largest absolute Gasteiger partial charge is 0.344 e. The standard InChI is InChI=1S/C7H11NO4/c1-2-7(10)11-12-8-5-3-4-6(8)9/h2-5H2,1H3. The Kier molecular flexibility index (Phi) is 3.04. The molecule has 1 aliphatic rings. The molecule has 0 spiro atoms. The molecule has 0 aliphatic carbocycles. The topological polar surface area (TPSA) is 55.8 Å². The predicted octanol–water partition coefficient (Wildman–Crippen LogP) is 0.409. The van der Waals surface area contributed by atoms with Crippen LogP contribution >= 0.6 is 0 Å². The third-order valence-electron chi connectivity index (χ3n) is 1.54. The van der Waals surface area contributed by atoms with Crippen LogP contribution in [0.15, 0.2) is 0 Å². The first-order valence-corrected chi connectivity index (χ1v) is 3.92. The first kappa shape index (κ1) is 8.99. The quantitative estimate of drug-likeness (QED) is 0.458. The van der Waals surface area contributed by atoms with Gasteiger partial charge in [-0.3, -0.25) is 9.68 Å². The third-order valence-corrected chi connectivity index (χ3v) is 1.54. The highest BCUT2D eigenvalue weighted by atomic mass is 17.3. The Balaban J connectivity index is 2.22. The molecule has 12 heavy (non-hydrogen) atoms. The van der Waals surface area contributed by atoms with Gasteiger partial charge in [0.1, 0.15) is 0 Å². The minimum absolute atomic E-state index is 0.140. The van der Waals surface area contributed by atoms with Crippen molar-refractivity contribution in [3.63, 3.8) is 0 Å². The van der Waals surface area contributed by atoms with Gasteiger partial charge in [0.05, 0.1) is 6.54 Å². The Morgan fingerprint density at radius 2 is 2.42 bits per heavy atom. The minimum Gasteiger partial charge on any atom is -0.275 e. The number of amides is 1. The molecule has 5 nitrogen and oxygen atoms in total. The van der Waals surface area contributed by atoms with E-state index in [1.807, 2.05) is 0 Å². The fourth-order valence-electron chi connectivity index (χ4n) is 0.848. The van der Waals surface area contributed by atoms with Gasteiger partial charge in [-0.25, -0.2) is 4.79 Å². The normalized spacial score (nSPS) is 16.8. The summed E-state index contributed by atoms with van der Waals surface area (Å²) in [5.74, 6) is -0.617. The number of rotatable bonds is 3. The number of hydrogen-bond acceptors (Lipinski definition) is 4. The molecule has 0 N–H and O–H groups in total. The van der Waals surface area contributed by atoms with Gasteiger partial charge in [0, 0.05) is 12.8 Å². The summed E-state index contributed by atoms with van der Waals surface area (Å²) in [4.78, 5) is 30.3. The van der Waals surface area contributed by atoms with Gasteiger partial charge in [-0.2, -0.15) is 5.06 Å². The van der Waals surface area contributed by atoms with E-state index >= 15 is 0 Å². The monoisotopic (exact) mass is 173 g/mol. The molecule has 1 saturated heterocycles. The molecule has 0 unspecified atom stereocenters. The number of hydrogen-bond donors (Lipinski definition) is 0. The Labute approximate surface area is 70.1 Å². The molecule has 1 fully saturated rings. The van der Waals surface area contributed by atoms with Crippen molar-refractivity contribution >= 4 is 11.9 Å². The van der Waals surface area contributed by atoms with Crippen molar-refractivity contribution in [2.75, 3.05) is 6.54 Å².